The summed E-state index contributed by atoms with van der Waals surface area (Å²) in [5.74, 6) is 0.628. The lowest BCUT2D eigenvalue weighted by molar-refractivity contribution is 0.590. The molecule has 114 valence electrons. The molecule has 0 spiro atoms. The maximum absolute atomic E-state index is 2.38. The first-order valence-corrected chi connectivity index (χ1v) is 8.29. The summed E-state index contributed by atoms with van der Waals surface area (Å²) < 4.78 is 0. The predicted octanol–water partition coefficient (Wildman–Crippen LogP) is 6.25. The predicted molar refractivity (Wildman–Crippen MR) is 97.1 cm³/mol. The number of allylic oxidation sites excluding steroid dienone is 1. The average molecular weight is 290 g/mol. The van der Waals surface area contributed by atoms with Crippen molar-refractivity contribution in [1.82, 2.24) is 0 Å². The molecule has 0 fully saturated rings. The van der Waals surface area contributed by atoms with Crippen LogP contribution in [0.15, 0.2) is 48.0 Å². The van der Waals surface area contributed by atoms with Gasteiger partial charge in [-0.15, -0.1) is 0 Å². The summed E-state index contributed by atoms with van der Waals surface area (Å²) in [6.07, 6.45) is 3.48. The summed E-state index contributed by atoms with van der Waals surface area (Å²) in [4.78, 5) is 0. The molecule has 0 amide bonds. The average Bonchev–Trinajstić information content (AvgIpc) is 2.90. The molecule has 0 bridgehead atoms. The van der Waals surface area contributed by atoms with Crippen LogP contribution in [-0.2, 0) is 11.8 Å². The highest BCUT2D eigenvalue weighted by Crippen LogP contribution is 2.36. The molecule has 2 aromatic rings. The monoisotopic (exact) mass is 290 g/mol. The van der Waals surface area contributed by atoms with E-state index < -0.39 is 0 Å². The Bertz CT molecular complexity index is 707. The Labute approximate surface area is 134 Å². The third kappa shape index (κ3) is 2.75. The van der Waals surface area contributed by atoms with E-state index in [9.17, 15) is 0 Å². The SMILES string of the molecule is CC(C)C1=Cc2cccc(-c3ccc(C(C)(C)C)cc3)c2C1. The normalized spacial score (nSPS) is 14.2. The number of hydrogen-bond donors (Lipinski definition) is 0. The Balaban J connectivity index is 1.98. The van der Waals surface area contributed by atoms with Crippen LogP contribution in [0.2, 0.25) is 0 Å². The van der Waals surface area contributed by atoms with E-state index in [0.717, 1.165) is 6.42 Å². The minimum absolute atomic E-state index is 0.212. The van der Waals surface area contributed by atoms with Crippen LogP contribution < -0.4 is 0 Å². The molecule has 0 radical (unpaired) electrons. The lowest BCUT2D eigenvalue weighted by Crippen LogP contribution is -2.10. The quantitative estimate of drug-likeness (QED) is 0.613. The molecule has 0 unspecified atom stereocenters. The molecule has 3 rings (SSSR count). The molecule has 2 aromatic carbocycles. The Hall–Kier alpha value is -1.82. The first kappa shape index (κ1) is 15.1. The number of hydrogen-bond acceptors (Lipinski definition) is 0. The van der Waals surface area contributed by atoms with Gasteiger partial charge in [0.1, 0.15) is 0 Å². The molecule has 0 aliphatic heterocycles. The third-order valence-electron chi connectivity index (χ3n) is 4.74. The van der Waals surface area contributed by atoms with Crippen molar-refractivity contribution in [3.63, 3.8) is 0 Å². The first-order valence-electron chi connectivity index (χ1n) is 8.29. The van der Waals surface area contributed by atoms with Crippen LogP contribution in [0, 0.1) is 5.92 Å². The molecule has 0 nitrogen and oxygen atoms in total. The topological polar surface area (TPSA) is 0 Å². The maximum atomic E-state index is 2.38. The molecule has 0 N–H and O–H groups in total. The zero-order valence-corrected chi connectivity index (χ0v) is 14.4. The Morgan fingerprint density at radius 2 is 1.59 bits per heavy atom. The van der Waals surface area contributed by atoms with Crippen molar-refractivity contribution in [1.29, 1.82) is 0 Å². The molecule has 22 heavy (non-hydrogen) atoms. The van der Waals surface area contributed by atoms with E-state index in [1.165, 1.54) is 27.8 Å². The van der Waals surface area contributed by atoms with E-state index in [1.807, 2.05) is 0 Å². The third-order valence-corrected chi connectivity index (χ3v) is 4.74. The van der Waals surface area contributed by atoms with Gasteiger partial charge in [0.25, 0.3) is 0 Å². The fraction of sp³-hybridized carbons (Fsp3) is 0.364. The van der Waals surface area contributed by atoms with Crippen LogP contribution >= 0.6 is 0 Å². The van der Waals surface area contributed by atoms with Crippen molar-refractivity contribution >= 4 is 6.08 Å². The van der Waals surface area contributed by atoms with Gasteiger partial charge in [0.05, 0.1) is 0 Å². The summed E-state index contributed by atoms with van der Waals surface area (Å²) in [5, 5.41) is 0. The Morgan fingerprint density at radius 3 is 2.18 bits per heavy atom. The van der Waals surface area contributed by atoms with Gasteiger partial charge < -0.3 is 0 Å². The van der Waals surface area contributed by atoms with E-state index >= 15 is 0 Å². The molecule has 0 heterocycles. The lowest BCUT2D eigenvalue weighted by atomic mass is 9.85. The van der Waals surface area contributed by atoms with Crippen molar-refractivity contribution in [2.45, 2.75) is 46.5 Å². The second-order valence-electron chi connectivity index (χ2n) is 7.75. The van der Waals surface area contributed by atoms with Crippen LogP contribution in [0.5, 0.6) is 0 Å². The van der Waals surface area contributed by atoms with Crippen molar-refractivity contribution in [3.8, 4) is 11.1 Å². The van der Waals surface area contributed by atoms with E-state index in [4.69, 9.17) is 0 Å². The smallest absolute Gasteiger partial charge is 0.00491 e. The van der Waals surface area contributed by atoms with Crippen LogP contribution in [0.25, 0.3) is 17.2 Å². The molecule has 0 saturated heterocycles. The molecule has 0 aromatic heterocycles. The minimum Gasteiger partial charge on any atom is -0.0626 e. The van der Waals surface area contributed by atoms with Crippen molar-refractivity contribution in [2.24, 2.45) is 5.92 Å². The van der Waals surface area contributed by atoms with Gasteiger partial charge in [0.15, 0.2) is 0 Å². The zero-order valence-electron chi connectivity index (χ0n) is 14.4. The summed E-state index contributed by atoms with van der Waals surface area (Å²) in [7, 11) is 0. The second kappa shape index (κ2) is 5.43. The summed E-state index contributed by atoms with van der Waals surface area (Å²) in [6.45, 7) is 11.4. The van der Waals surface area contributed by atoms with Crippen molar-refractivity contribution in [2.75, 3.05) is 0 Å². The molecule has 1 aliphatic rings. The first-order chi connectivity index (χ1) is 10.4. The van der Waals surface area contributed by atoms with Crippen LogP contribution in [0.3, 0.4) is 0 Å². The van der Waals surface area contributed by atoms with Gasteiger partial charge in [-0.1, -0.05) is 88.7 Å². The number of rotatable bonds is 2. The van der Waals surface area contributed by atoms with Crippen LogP contribution in [0.4, 0.5) is 0 Å². The fourth-order valence-corrected chi connectivity index (χ4v) is 3.18. The van der Waals surface area contributed by atoms with E-state index in [2.05, 4.69) is 83.2 Å². The zero-order chi connectivity index (χ0) is 15.9. The van der Waals surface area contributed by atoms with E-state index in [-0.39, 0.29) is 5.41 Å². The van der Waals surface area contributed by atoms with E-state index in [1.54, 1.807) is 5.57 Å². The minimum atomic E-state index is 0.212. The van der Waals surface area contributed by atoms with Gasteiger partial charge in [-0.25, -0.2) is 0 Å². The van der Waals surface area contributed by atoms with E-state index in [0.29, 0.717) is 5.92 Å². The number of benzene rings is 2. The highest BCUT2D eigenvalue weighted by molar-refractivity contribution is 5.77. The van der Waals surface area contributed by atoms with Gasteiger partial charge in [-0.3, -0.25) is 0 Å². The molecular formula is C22H26. The van der Waals surface area contributed by atoms with Gasteiger partial charge in [0, 0.05) is 0 Å². The van der Waals surface area contributed by atoms with Gasteiger partial charge in [-0.2, -0.15) is 0 Å². The van der Waals surface area contributed by atoms with Crippen molar-refractivity contribution < 1.29 is 0 Å². The maximum Gasteiger partial charge on any atom is -0.00491 e. The summed E-state index contributed by atoms with van der Waals surface area (Å²) >= 11 is 0. The standard InChI is InChI=1S/C22H26/c1-15(2)18-13-17-7-6-8-20(21(17)14-18)16-9-11-19(12-10-16)22(3,4)5/h6-13,15H,14H2,1-5H3. The van der Waals surface area contributed by atoms with Gasteiger partial charge in [0.2, 0.25) is 0 Å². The molecule has 0 heteroatoms. The summed E-state index contributed by atoms with van der Waals surface area (Å²) in [6, 6.07) is 15.8. The van der Waals surface area contributed by atoms with Gasteiger partial charge in [-0.05, 0) is 45.6 Å². The Kier molecular flexibility index (Phi) is 3.72. The lowest BCUT2D eigenvalue weighted by Gasteiger charge is -2.19. The fourth-order valence-electron chi connectivity index (χ4n) is 3.18. The molecule has 0 atom stereocenters. The summed E-state index contributed by atoms with van der Waals surface area (Å²) in [5.41, 5.74) is 8.78. The molecule has 1 aliphatic carbocycles. The van der Waals surface area contributed by atoms with Crippen molar-refractivity contribution in [3.05, 3.63) is 64.7 Å². The molecule has 0 saturated carbocycles. The highest BCUT2D eigenvalue weighted by Gasteiger charge is 2.19. The largest absolute Gasteiger partial charge is 0.0626 e. The Morgan fingerprint density at radius 1 is 0.909 bits per heavy atom. The second-order valence-corrected chi connectivity index (χ2v) is 7.75. The molecular weight excluding hydrogens is 264 g/mol. The van der Waals surface area contributed by atoms with Crippen LogP contribution in [0.1, 0.15) is 51.3 Å². The number of fused-ring (bicyclic) bond motifs is 1. The van der Waals surface area contributed by atoms with Gasteiger partial charge >= 0.3 is 0 Å². The highest BCUT2D eigenvalue weighted by atomic mass is 14.2. The van der Waals surface area contributed by atoms with Crippen LogP contribution in [-0.4, -0.2) is 0 Å².